The number of nitrogens with zero attached hydrogens (tertiary/aromatic N) is 4. The Balaban J connectivity index is 1.96. The monoisotopic (exact) mass is 287 g/mol. The van der Waals surface area contributed by atoms with Crippen LogP contribution in [-0.4, -0.2) is 20.1 Å². The largest absolute Gasteiger partial charge is 0.332 e. The lowest BCUT2D eigenvalue weighted by Crippen LogP contribution is -2.03. The van der Waals surface area contributed by atoms with Gasteiger partial charge in [-0.15, -0.1) is 11.3 Å². The van der Waals surface area contributed by atoms with E-state index in [1.165, 1.54) is 11.3 Å². The van der Waals surface area contributed by atoms with E-state index in [0.717, 1.165) is 10.6 Å². The average Bonchev–Trinajstić information content (AvgIpc) is 3.08. The molecule has 20 heavy (non-hydrogen) atoms. The summed E-state index contributed by atoms with van der Waals surface area (Å²) in [7, 11) is 0. The van der Waals surface area contributed by atoms with Gasteiger partial charge in [-0.2, -0.15) is 4.98 Å². The van der Waals surface area contributed by atoms with Gasteiger partial charge in [-0.05, 0) is 25.5 Å². The van der Waals surface area contributed by atoms with Crippen LogP contribution in [0.4, 0.5) is 0 Å². The SMILES string of the molecule is Cc1cccnc1-c1noc(-c2csc(C(C)N)n2)n1. The molecule has 7 heteroatoms. The van der Waals surface area contributed by atoms with Crippen molar-refractivity contribution >= 4 is 11.3 Å². The molecule has 6 nitrogen and oxygen atoms in total. The normalized spacial score (nSPS) is 12.6. The van der Waals surface area contributed by atoms with Crippen LogP contribution in [0.1, 0.15) is 23.5 Å². The standard InChI is InChI=1S/C13H13N5OS/c1-7-4-3-5-15-10(7)11-17-12(19-18-11)9-6-20-13(16-9)8(2)14/h3-6,8H,14H2,1-2H3. The third-order valence-corrected chi connectivity index (χ3v) is 3.82. The molecular weight excluding hydrogens is 274 g/mol. The van der Waals surface area contributed by atoms with E-state index < -0.39 is 0 Å². The van der Waals surface area contributed by atoms with Crippen molar-refractivity contribution in [3.05, 3.63) is 34.3 Å². The highest BCUT2D eigenvalue weighted by Gasteiger charge is 2.16. The molecule has 0 aliphatic heterocycles. The van der Waals surface area contributed by atoms with Crippen molar-refractivity contribution in [1.29, 1.82) is 0 Å². The molecular formula is C13H13N5OS. The molecule has 3 heterocycles. The van der Waals surface area contributed by atoms with Crippen LogP contribution >= 0.6 is 11.3 Å². The summed E-state index contributed by atoms with van der Waals surface area (Å²) in [4.78, 5) is 13.0. The van der Waals surface area contributed by atoms with E-state index >= 15 is 0 Å². The molecule has 0 bridgehead atoms. The topological polar surface area (TPSA) is 90.7 Å². The predicted molar refractivity (Wildman–Crippen MR) is 76.0 cm³/mol. The molecule has 2 N–H and O–H groups in total. The quantitative estimate of drug-likeness (QED) is 0.796. The summed E-state index contributed by atoms with van der Waals surface area (Å²) in [6.07, 6.45) is 1.70. The Labute approximate surface area is 119 Å². The van der Waals surface area contributed by atoms with Gasteiger partial charge in [0.05, 0.1) is 6.04 Å². The second-order valence-corrected chi connectivity index (χ2v) is 5.34. The molecule has 0 aromatic carbocycles. The summed E-state index contributed by atoms with van der Waals surface area (Å²) in [5.41, 5.74) is 8.15. The summed E-state index contributed by atoms with van der Waals surface area (Å²) in [5, 5.41) is 6.67. The number of aromatic nitrogens is 4. The van der Waals surface area contributed by atoms with Crippen LogP contribution < -0.4 is 5.73 Å². The van der Waals surface area contributed by atoms with E-state index in [0.29, 0.717) is 23.1 Å². The number of thiazole rings is 1. The minimum absolute atomic E-state index is 0.103. The number of aryl methyl sites for hydroxylation is 1. The minimum Gasteiger partial charge on any atom is -0.332 e. The van der Waals surface area contributed by atoms with Crippen molar-refractivity contribution in [2.45, 2.75) is 19.9 Å². The first kappa shape index (κ1) is 12.9. The lowest BCUT2D eigenvalue weighted by molar-refractivity contribution is 0.431. The zero-order valence-corrected chi connectivity index (χ0v) is 11.9. The summed E-state index contributed by atoms with van der Waals surface area (Å²) < 4.78 is 5.26. The van der Waals surface area contributed by atoms with Gasteiger partial charge < -0.3 is 10.3 Å². The van der Waals surface area contributed by atoms with Crippen LogP contribution in [0.15, 0.2) is 28.2 Å². The summed E-state index contributed by atoms with van der Waals surface area (Å²) in [5.74, 6) is 0.849. The van der Waals surface area contributed by atoms with Gasteiger partial charge in [0.2, 0.25) is 5.82 Å². The van der Waals surface area contributed by atoms with Gasteiger partial charge in [-0.1, -0.05) is 11.2 Å². The summed E-state index contributed by atoms with van der Waals surface area (Å²) in [6, 6.07) is 3.72. The van der Waals surface area contributed by atoms with Crippen LogP contribution in [0.25, 0.3) is 23.1 Å². The fraction of sp³-hybridized carbons (Fsp3) is 0.231. The molecule has 0 aliphatic carbocycles. The van der Waals surface area contributed by atoms with Crippen molar-refractivity contribution in [3.8, 4) is 23.1 Å². The van der Waals surface area contributed by atoms with Gasteiger partial charge in [0.25, 0.3) is 5.89 Å². The van der Waals surface area contributed by atoms with Crippen molar-refractivity contribution in [3.63, 3.8) is 0 Å². The van der Waals surface area contributed by atoms with E-state index in [1.807, 2.05) is 31.4 Å². The Kier molecular flexibility index (Phi) is 3.29. The molecule has 0 saturated heterocycles. The third-order valence-electron chi connectivity index (χ3n) is 2.78. The zero-order valence-electron chi connectivity index (χ0n) is 11.1. The zero-order chi connectivity index (χ0) is 14.1. The summed E-state index contributed by atoms with van der Waals surface area (Å²) in [6.45, 7) is 3.84. The van der Waals surface area contributed by atoms with Gasteiger partial charge in [0, 0.05) is 11.6 Å². The van der Waals surface area contributed by atoms with Crippen LogP contribution in [-0.2, 0) is 0 Å². The summed E-state index contributed by atoms with van der Waals surface area (Å²) >= 11 is 1.48. The third kappa shape index (κ3) is 2.33. The lowest BCUT2D eigenvalue weighted by atomic mass is 10.2. The molecule has 3 rings (SSSR count). The van der Waals surface area contributed by atoms with Gasteiger partial charge >= 0.3 is 0 Å². The molecule has 0 fully saturated rings. The van der Waals surface area contributed by atoms with E-state index in [4.69, 9.17) is 10.3 Å². The Morgan fingerprint density at radius 3 is 2.90 bits per heavy atom. The van der Waals surface area contributed by atoms with Crippen molar-refractivity contribution in [2.24, 2.45) is 5.73 Å². The van der Waals surface area contributed by atoms with Crippen molar-refractivity contribution < 1.29 is 4.52 Å². The fourth-order valence-corrected chi connectivity index (χ4v) is 2.49. The first-order chi connectivity index (χ1) is 9.65. The minimum atomic E-state index is -0.103. The predicted octanol–water partition coefficient (Wildman–Crippen LogP) is 2.58. The maximum absolute atomic E-state index is 5.79. The Morgan fingerprint density at radius 1 is 1.35 bits per heavy atom. The Hall–Kier alpha value is -2.12. The second kappa shape index (κ2) is 5.10. The number of hydrogen-bond donors (Lipinski definition) is 1. The van der Waals surface area contributed by atoms with Crippen LogP contribution in [0.3, 0.4) is 0 Å². The molecule has 0 radical (unpaired) electrons. The Morgan fingerprint density at radius 2 is 2.20 bits per heavy atom. The van der Waals surface area contributed by atoms with E-state index in [2.05, 4.69) is 20.1 Å². The highest BCUT2D eigenvalue weighted by atomic mass is 32.1. The first-order valence-electron chi connectivity index (χ1n) is 6.12. The highest BCUT2D eigenvalue weighted by Crippen LogP contribution is 2.25. The van der Waals surface area contributed by atoms with Gasteiger partial charge in [0.15, 0.2) is 0 Å². The molecule has 3 aromatic heterocycles. The van der Waals surface area contributed by atoms with Crippen molar-refractivity contribution in [1.82, 2.24) is 20.1 Å². The second-order valence-electron chi connectivity index (χ2n) is 4.45. The first-order valence-corrected chi connectivity index (χ1v) is 7.00. The molecule has 3 aromatic rings. The lowest BCUT2D eigenvalue weighted by Gasteiger charge is -1.96. The van der Waals surface area contributed by atoms with E-state index in [-0.39, 0.29) is 6.04 Å². The number of hydrogen-bond acceptors (Lipinski definition) is 7. The molecule has 0 saturated carbocycles. The molecule has 1 atom stereocenters. The highest BCUT2D eigenvalue weighted by molar-refractivity contribution is 7.10. The molecule has 0 spiro atoms. The molecule has 1 unspecified atom stereocenters. The van der Waals surface area contributed by atoms with E-state index in [9.17, 15) is 0 Å². The number of rotatable bonds is 3. The van der Waals surface area contributed by atoms with Gasteiger partial charge in [-0.25, -0.2) is 4.98 Å². The van der Waals surface area contributed by atoms with E-state index in [1.54, 1.807) is 6.20 Å². The number of pyridine rings is 1. The van der Waals surface area contributed by atoms with Gasteiger partial charge in [0.1, 0.15) is 16.4 Å². The maximum atomic E-state index is 5.79. The van der Waals surface area contributed by atoms with Crippen LogP contribution in [0.2, 0.25) is 0 Å². The fourth-order valence-electron chi connectivity index (χ4n) is 1.74. The van der Waals surface area contributed by atoms with Crippen LogP contribution in [0.5, 0.6) is 0 Å². The molecule has 0 amide bonds. The maximum Gasteiger partial charge on any atom is 0.277 e. The Bertz CT molecular complexity index is 734. The van der Waals surface area contributed by atoms with Crippen molar-refractivity contribution in [2.75, 3.05) is 0 Å². The smallest absolute Gasteiger partial charge is 0.277 e. The van der Waals surface area contributed by atoms with Gasteiger partial charge in [-0.3, -0.25) is 4.98 Å². The average molecular weight is 287 g/mol. The molecule has 0 aliphatic rings. The van der Waals surface area contributed by atoms with Crippen LogP contribution in [0, 0.1) is 6.92 Å². The number of nitrogens with two attached hydrogens (primary N) is 1. The molecule has 102 valence electrons.